The minimum atomic E-state index is -2.87. The maximum absolute atomic E-state index is 14.3. The van der Waals surface area contributed by atoms with E-state index in [-0.39, 0.29) is 66.7 Å². The molecule has 4 fully saturated rings. The van der Waals surface area contributed by atoms with Gasteiger partial charge in [0, 0.05) is 58.6 Å². The lowest BCUT2D eigenvalue weighted by Crippen LogP contribution is -2.45. The second kappa shape index (κ2) is 18.3. The Hall–Kier alpha value is -5.97. The van der Waals surface area contributed by atoms with Gasteiger partial charge in [0.2, 0.25) is 11.8 Å². The molecule has 0 bridgehead atoms. The van der Waals surface area contributed by atoms with Crippen LogP contribution in [0, 0.1) is 17.8 Å². The van der Waals surface area contributed by atoms with Gasteiger partial charge in [0.15, 0.2) is 11.3 Å². The number of imide groups is 1. The highest BCUT2D eigenvalue weighted by atomic mass is 19.3. The summed E-state index contributed by atoms with van der Waals surface area (Å²) in [5.41, 5.74) is 1.57. The van der Waals surface area contributed by atoms with E-state index >= 15 is 0 Å². The summed E-state index contributed by atoms with van der Waals surface area (Å²) in [7, 11) is 1.66. The van der Waals surface area contributed by atoms with Gasteiger partial charge in [-0.25, -0.2) is 23.1 Å². The minimum absolute atomic E-state index is 0.0180. The Morgan fingerprint density at radius 1 is 1.03 bits per heavy atom. The van der Waals surface area contributed by atoms with Gasteiger partial charge in [-0.15, -0.1) is 0 Å². The maximum Gasteiger partial charge on any atom is 0.329 e. The second-order valence-electron chi connectivity index (χ2n) is 17.6. The number of morpholine rings is 1. The summed E-state index contributed by atoms with van der Waals surface area (Å²) in [6.07, 6.45) is 7.58. The van der Waals surface area contributed by atoms with Crippen LogP contribution in [-0.4, -0.2) is 114 Å². The lowest BCUT2D eigenvalue weighted by molar-refractivity contribution is -0.135. The molecule has 9 rings (SSSR count). The molecule has 2 N–H and O–H groups in total. The third kappa shape index (κ3) is 8.91. The van der Waals surface area contributed by atoms with Crippen LogP contribution in [0.3, 0.4) is 0 Å². The van der Waals surface area contributed by atoms with Crippen molar-refractivity contribution in [2.45, 2.75) is 102 Å². The number of aryl methyl sites for hydroxylation is 1. The standard InChI is InChI=1S/C45H53F2N11O6/c1-27-23-55(24-28(2)64-27)37-17-20-56-42(50-37)33(22-48-56)43(60)49-34-26-57(52-39(34)41(46)47)31-11-9-29(10-12-31)25-54-18-15-32(16-19-54)63-21-5-7-30-6-4-8-35-40(30)53(3)45(62)58(35)36-13-14-38(59)51-44(36)61/h4,6,8,17,20,22,26-29,31-32,36,41H,9-16,18-19,21,23-25H2,1-3H3,(H,49,60)(H,51,59,61)/t27-,28-,29-,31-,36?/m1/s1. The van der Waals surface area contributed by atoms with E-state index in [1.165, 1.54) is 26.0 Å². The van der Waals surface area contributed by atoms with Crippen LogP contribution in [0.2, 0.25) is 0 Å². The molecule has 3 saturated heterocycles. The third-order valence-electron chi connectivity index (χ3n) is 13.0. The van der Waals surface area contributed by atoms with E-state index in [0.717, 1.165) is 58.2 Å². The number of imidazole rings is 1. The molecule has 1 aromatic carbocycles. The third-order valence-corrected chi connectivity index (χ3v) is 13.0. The second-order valence-corrected chi connectivity index (χ2v) is 17.6. The normalized spacial score (nSPS) is 23.7. The number of hydrogen-bond acceptors (Lipinski definition) is 11. The molecule has 5 aromatic rings. The average Bonchev–Trinajstić information content (AvgIpc) is 3.97. The monoisotopic (exact) mass is 881 g/mol. The van der Waals surface area contributed by atoms with Gasteiger partial charge in [0.05, 0.1) is 52.8 Å². The number of rotatable bonds is 10. The van der Waals surface area contributed by atoms with Crippen LogP contribution in [0.4, 0.5) is 20.3 Å². The number of fused-ring (bicyclic) bond motifs is 2. The Bertz CT molecular complexity index is 2670. The average molecular weight is 882 g/mol. The SMILES string of the molecule is C[C@@H]1CN(c2ccn3ncc(C(=O)Nc4cn([C@H]5CC[C@H](CN6CCC(OCC#Cc7cccc8c7n(C)c(=O)n8C7CCC(=O)NC7=O)CC6)CC5)nc4C(F)F)c3n2)C[C@@H](C)O1. The van der Waals surface area contributed by atoms with Crippen LogP contribution >= 0.6 is 0 Å². The number of alkyl halides is 2. The highest BCUT2D eigenvalue weighted by Crippen LogP contribution is 2.36. The summed E-state index contributed by atoms with van der Waals surface area (Å²) >= 11 is 0. The number of nitrogens with zero attached hydrogens (tertiary/aromatic N) is 9. The molecule has 3 atom stereocenters. The summed E-state index contributed by atoms with van der Waals surface area (Å²) in [6.45, 7) is 8.31. The smallest absolute Gasteiger partial charge is 0.329 e. The van der Waals surface area contributed by atoms with Crippen LogP contribution in [0.1, 0.15) is 105 Å². The number of amides is 3. The fourth-order valence-electron chi connectivity index (χ4n) is 9.88. The van der Waals surface area contributed by atoms with Gasteiger partial charge < -0.3 is 24.6 Å². The largest absolute Gasteiger partial charge is 0.372 e. The summed E-state index contributed by atoms with van der Waals surface area (Å²) in [5.74, 6) is 6.05. The fourth-order valence-corrected chi connectivity index (χ4v) is 9.88. The van der Waals surface area contributed by atoms with Crippen molar-refractivity contribution in [2.75, 3.05) is 49.5 Å². The number of benzene rings is 1. The molecule has 19 heteroatoms. The first kappa shape index (κ1) is 43.3. The molecule has 0 spiro atoms. The predicted octanol–water partition coefficient (Wildman–Crippen LogP) is 4.62. The van der Waals surface area contributed by atoms with E-state index in [1.807, 2.05) is 32.0 Å². The number of carbonyl (C=O) groups excluding carboxylic acids is 3. The molecular weight excluding hydrogens is 829 g/mol. The van der Waals surface area contributed by atoms with Gasteiger partial charge in [-0.3, -0.25) is 33.5 Å². The van der Waals surface area contributed by atoms with Gasteiger partial charge in [-0.1, -0.05) is 17.9 Å². The van der Waals surface area contributed by atoms with Gasteiger partial charge >= 0.3 is 5.69 Å². The fraction of sp³-hybridized carbons (Fsp3) is 0.533. The van der Waals surface area contributed by atoms with Crippen LogP contribution in [0.25, 0.3) is 16.7 Å². The van der Waals surface area contributed by atoms with Crippen LogP contribution in [0.15, 0.2) is 47.7 Å². The molecule has 3 amide bonds. The van der Waals surface area contributed by atoms with Crippen molar-refractivity contribution in [2.24, 2.45) is 13.0 Å². The molecule has 1 aliphatic carbocycles. The summed E-state index contributed by atoms with van der Waals surface area (Å²) in [4.78, 5) is 60.4. The maximum atomic E-state index is 14.3. The van der Waals surface area contributed by atoms with Crippen molar-refractivity contribution in [1.82, 2.24) is 43.7 Å². The Morgan fingerprint density at radius 3 is 2.53 bits per heavy atom. The summed E-state index contributed by atoms with van der Waals surface area (Å²) < 4.78 is 46.7. The molecule has 4 aromatic heterocycles. The predicted molar refractivity (Wildman–Crippen MR) is 232 cm³/mol. The number of ether oxygens (including phenoxy) is 2. The highest BCUT2D eigenvalue weighted by Gasteiger charge is 2.33. The number of piperidine rings is 2. The van der Waals surface area contributed by atoms with Crippen molar-refractivity contribution in [1.29, 1.82) is 0 Å². The molecule has 0 radical (unpaired) electrons. The number of nitrogens with one attached hydrogen (secondary N) is 2. The zero-order valence-corrected chi connectivity index (χ0v) is 36.2. The molecule has 7 heterocycles. The number of hydrogen-bond donors (Lipinski definition) is 2. The number of likely N-dealkylation sites (tertiary alicyclic amines) is 1. The van der Waals surface area contributed by atoms with Gasteiger partial charge in [0.1, 0.15) is 24.0 Å². The summed E-state index contributed by atoms with van der Waals surface area (Å²) in [5, 5.41) is 13.6. The van der Waals surface area contributed by atoms with E-state index in [1.54, 1.807) is 24.0 Å². The molecule has 17 nitrogen and oxygen atoms in total. The Balaban J connectivity index is 0.751. The van der Waals surface area contributed by atoms with Crippen molar-refractivity contribution < 1.29 is 32.6 Å². The molecular formula is C45H53F2N11O6. The van der Waals surface area contributed by atoms with E-state index in [4.69, 9.17) is 14.5 Å². The van der Waals surface area contributed by atoms with Crippen molar-refractivity contribution in [3.05, 3.63) is 70.2 Å². The summed E-state index contributed by atoms with van der Waals surface area (Å²) in [6, 6.07) is 6.46. The number of halogens is 2. The van der Waals surface area contributed by atoms with Crippen molar-refractivity contribution in [3.63, 3.8) is 0 Å². The molecule has 338 valence electrons. The zero-order valence-electron chi connectivity index (χ0n) is 36.2. The molecule has 1 unspecified atom stereocenters. The van der Waals surface area contributed by atoms with E-state index in [0.29, 0.717) is 47.1 Å². The lowest BCUT2D eigenvalue weighted by atomic mass is 9.85. The Kier molecular flexibility index (Phi) is 12.3. The van der Waals surface area contributed by atoms with Gasteiger partial charge in [0.25, 0.3) is 12.3 Å². The first-order chi connectivity index (χ1) is 30.9. The van der Waals surface area contributed by atoms with E-state index in [9.17, 15) is 28.0 Å². The van der Waals surface area contributed by atoms with E-state index < -0.39 is 30.0 Å². The van der Waals surface area contributed by atoms with Gasteiger partial charge in [-0.05, 0) is 82.9 Å². The van der Waals surface area contributed by atoms with Crippen LogP contribution in [-0.2, 0) is 26.1 Å². The Morgan fingerprint density at radius 2 is 1.80 bits per heavy atom. The topological polar surface area (TPSA) is 175 Å². The highest BCUT2D eigenvalue weighted by molar-refractivity contribution is 6.08. The number of anilines is 2. The zero-order chi connectivity index (χ0) is 44.6. The van der Waals surface area contributed by atoms with Crippen LogP contribution < -0.4 is 21.2 Å². The molecule has 3 aliphatic heterocycles. The van der Waals surface area contributed by atoms with E-state index in [2.05, 4.69) is 42.5 Å². The van der Waals surface area contributed by atoms with Gasteiger partial charge in [-0.2, -0.15) is 10.2 Å². The minimum Gasteiger partial charge on any atom is -0.372 e. The first-order valence-electron chi connectivity index (χ1n) is 22.2. The van der Waals surface area contributed by atoms with Crippen LogP contribution in [0.5, 0.6) is 0 Å². The molecule has 4 aliphatic rings. The van der Waals surface area contributed by atoms with Crippen molar-refractivity contribution >= 4 is 45.9 Å². The molecule has 1 saturated carbocycles. The number of para-hydroxylation sites is 1. The molecule has 64 heavy (non-hydrogen) atoms. The number of aromatic nitrogens is 7. The van der Waals surface area contributed by atoms with Crippen molar-refractivity contribution in [3.8, 4) is 11.8 Å². The quantitative estimate of drug-likeness (QED) is 0.148. The first-order valence-corrected chi connectivity index (χ1v) is 22.2. The number of carbonyl (C=O) groups is 3. The Labute approximate surface area is 368 Å². The lowest BCUT2D eigenvalue weighted by Gasteiger charge is -2.36.